The van der Waals surface area contributed by atoms with Crippen molar-refractivity contribution in [2.24, 2.45) is 0 Å². The SMILES string of the molecule is CNC(C)c1ccc(OC)c(CSC(C)CCO)c1. The van der Waals surface area contributed by atoms with Gasteiger partial charge in [-0.25, -0.2) is 0 Å². The number of aliphatic hydroxyl groups excluding tert-OH is 1. The summed E-state index contributed by atoms with van der Waals surface area (Å²) >= 11 is 1.85. The van der Waals surface area contributed by atoms with Gasteiger partial charge in [0.15, 0.2) is 0 Å². The zero-order chi connectivity index (χ0) is 14.3. The van der Waals surface area contributed by atoms with Gasteiger partial charge in [-0.2, -0.15) is 11.8 Å². The third-order valence-corrected chi connectivity index (χ3v) is 4.58. The number of rotatable bonds is 8. The Morgan fingerprint density at radius 2 is 2.11 bits per heavy atom. The number of ether oxygens (including phenoxy) is 1. The Labute approximate surface area is 120 Å². The van der Waals surface area contributed by atoms with Crippen LogP contribution in [0.15, 0.2) is 18.2 Å². The maximum atomic E-state index is 8.94. The lowest BCUT2D eigenvalue weighted by molar-refractivity contribution is 0.289. The van der Waals surface area contributed by atoms with Gasteiger partial charge < -0.3 is 15.2 Å². The van der Waals surface area contributed by atoms with E-state index in [2.05, 4.69) is 31.3 Å². The van der Waals surface area contributed by atoms with Gasteiger partial charge in [-0.3, -0.25) is 0 Å². The molecule has 0 saturated heterocycles. The van der Waals surface area contributed by atoms with Crippen LogP contribution in [0, 0.1) is 0 Å². The fourth-order valence-corrected chi connectivity index (χ4v) is 2.81. The van der Waals surface area contributed by atoms with Crippen molar-refractivity contribution in [3.63, 3.8) is 0 Å². The Kier molecular flexibility index (Phi) is 7.28. The molecule has 3 nitrogen and oxygen atoms in total. The average molecular weight is 283 g/mol. The normalized spacial score (nSPS) is 14.2. The number of hydrogen-bond acceptors (Lipinski definition) is 4. The molecule has 0 saturated carbocycles. The lowest BCUT2D eigenvalue weighted by Crippen LogP contribution is -2.12. The second-order valence-corrected chi connectivity index (χ2v) is 6.14. The minimum Gasteiger partial charge on any atom is -0.496 e. The summed E-state index contributed by atoms with van der Waals surface area (Å²) in [6.07, 6.45) is 0.833. The molecule has 1 aromatic carbocycles. The van der Waals surface area contributed by atoms with Gasteiger partial charge >= 0.3 is 0 Å². The Bertz CT molecular complexity index is 384. The van der Waals surface area contributed by atoms with E-state index in [-0.39, 0.29) is 6.61 Å². The number of benzene rings is 1. The van der Waals surface area contributed by atoms with Crippen LogP contribution in [0.5, 0.6) is 5.75 Å². The smallest absolute Gasteiger partial charge is 0.122 e. The summed E-state index contributed by atoms with van der Waals surface area (Å²) in [7, 11) is 3.68. The second-order valence-electron chi connectivity index (χ2n) is 4.72. The molecule has 2 N–H and O–H groups in total. The fraction of sp³-hybridized carbons (Fsp3) is 0.600. The van der Waals surface area contributed by atoms with Gasteiger partial charge in [0.05, 0.1) is 7.11 Å². The molecule has 1 aromatic rings. The van der Waals surface area contributed by atoms with Crippen LogP contribution in [-0.4, -0.2) is 31.1 Å². The average Bonchev–Trinajstić information content (AvgIpc) is 2.44. The van der Waals surface area contributed by atoms with E-state index in [9.17, 15) is 0 Å². The van der Waals surface area contributed by atoms with E-state index in [1.807, 2.05) is 24.9 Å². The molecule has 0 heterocycles. The third kappa shape index (κ3) is 5.05. The number of nitrogens with one attached hydrogen (secondary N) is 1. The highest BCUT2D eigenvalue weighted by Crippen LogP contribution is 2.29. The van der Waals surface area contributed by atoms with E-state index in [0.29, 0.717) is 11.3 Å². The topological polar surface area (TPSA) is 41.5 Å². The first kappa shape index (κ1) is 16.3. The van der Waals surface area contributed by atoms with E-state index in [0.717, 1.165) is 17.9 Å². The van der Waals surface area contributed by atoms with Gasteiger partial charge in [0, 0.05) is 29.2 Å². The molecule has 0 spiro atoms. The van der Waals surface area contributed by atoms with Crippen LogP contribution in [0.25, 0.3) is 0 Å². The first-order valence-corrected chi connectivity index (χ1v) is 7.73. The van der Waals surface area contributed by atoms with Crippen molar-refractivity contribution in [3.05, 3.63) is 29.3 Å². The summed E-state index contributed by atoms with van der Waals surface area (Å²) in [5.41, 5.74) is 2.49. The molecule has 1 rings (SSSR count). The van der Waals surface area contributed by atoms with Crippen LogP contribution in [0.4, 0.5) is 0 Å². The molecule has 19 heavy (non-hydrogen) atoms. The predicted molar refractivity (Wildman–Crippen MR) is 82.9 cm³/mol. The van der Waals surface area contributed by atoms with Gasteiger partial charge in [0.2, 0.25) is 0 Å². The maximum absolute atomic E-state index is 8.94. The quantitative estimate of drug-likeness (QED) is 0.769. The Morgan fingerprint density at radius 1 is 1.37 bits per heavy atom. The molecule has 0 fully saturated rings. The van der Waals surface area contributed by atoms with Crippen molar-refractivity contribution in [2.45, 2.75) is 37.3 Å². The summed E-state index contributed by atoms with van der Waals surface area (Å²) in [4.78, 5) is 0. The molecule has 0 aliphatic carbocycles. The largest absolute Gasteiger partial charge is 0.496 e. The van der Waals surface area contributed by atoms with Crippen LogP contribution in [0.2, 0.25) is 0 Å². The van der Waals surface area contributed by atoms with E-state index in [4.69, 9.17) is 9.84 Å². The minimum absolute atomic E-state index is 0.252. The van der Waals surface area contributed by atoms with Gasteiger partial charge in [-0.15, -0.1) is 0 Å². The Balaban J connectivity index is 2.78. The van der Waals surface area contributed by atoms with Crippen molar-refractivity contribution in [2.75, 3.05) is 20.8 Å². The van der Waals surface area contributed by atoms with Crippen LogP contribution in [-0.2, 0) is 5.75 Å². The highest BCUT2D eigenvalue weighted by atomic mass is 32.2. The van der Waals surface area contributed by atoms with Crippen molar-refractivity contribution in [1.82, 2.24) is 5.32 Å². The van der Waals surface area contributed by atoms with Crippen LogP contribution >= 0.6 is 11.8 Å². The lowest BCUT2D eigenvalue weighted by atomic mass is 10.1. The van der Waals surface area contributed by atoms with Crippen molar-refractivity contribution >= 4 is 11.8 Å². The molecule has 108 valence electrons. The molecule has 0 amide bonds. The molecule has 0 aliphatic heterocycles. The molecular formula is C15H25NO2S. The molecule has 0 bridgehead atoms. The number of aliphatic hydroxyl groups is 1. The summed E-state index contributed by atoms with van der Waals surface area (Å²) in [6.45, 7) is 4.54. The first-order chi connectivity index (χ1) is 9.12. The highest BCUT2D eigenvalue weighted by molar-refractivity contribution is 7.99. The summed E-state index contributed by atoms with van der Waals surface area (Å²) in [6, 6.07) is 6.68. The molecular weight excluding hydrogens is 258 g/mol. The molecule has 0 aliphatic rings. The van der Waals surface area contributed by atoms with Crippen LogP contribution in [0.1, 0.15) is 37.4 Å². The molecule has 0 radical (unpaired) electrons. The Morgan fingerprint density at radius 3 is 2.68 bits per heavy atom. The van der Waals surface area contributed by atoms with Crippen LogP contribution < -0.4 is 10.1 Å². The van der Waals surface area contributed by atoms with E-state index < -0.39 is 0 Å². The van der Waals surface area contributed by atoms with Gasteiger partial charge in [-0.05, 0) is 38.1 Å². The minimum atomic E-state index is 0.252. The summed E-state index contributed by atoms with van der Waals surface area (Å²) in [5, 5.41) is 12.6. The molecule has 2 unspecified atom stereocenters. The summed E-state index contributed by atoms with van der Waals surface area (Å²) < 4.78 is 5.42. The van der Waals surface area contributed by atoms with Crippen molar-refractivity contribution in [1.29, 1.82) is 0 Å². The van der Waals surface area contributed by atoms with E-state index in [1.54, 1.807) is 7.11 Å². The summed E-state index contributed by atoms with van der Waals surface area (Å²) in [5.74, 6) is 1.85. The number of methoxy groups -OCH3 is 1. The molecule has 2 atom stereocenters. The lowest BCUT2D eigenvalue weighted by Gasteiger charge is -2.16. The second kappa shape index (κ2) is 8.46. The maximum Gasteiger partial charge on any atom is 0.122 e. The zero-order valence-electron chi connectivity index (χ0n) is 12.3. The standard InChI is InChI=1S/C15H25NO2S/c1-11(7-8-17)19-10-14-9-13(12(2)16-3)5-6-15(14)18-4/h5-6,9,11-12,16-17H,7-8,10H2,1-4H3. The molecule has 4 heteroatoms. The zero-order valence-corrected chi connectivity index (χ0v) is 13.1. The monoisotopic (exact) mass is 283 g/mol. The fourth-order valence-electron chi connectivity index (χ4n) is 1.84. The number of thioether (sulfide) groups is 1. The van der Waals surface area contributed by atoms with Crippen molar-refractivity contribution in [3.8, 4) is 5.75 Å². The first-order valence-electron chi connectivity index (χ1n) is 6.68. The third-order valence-electron chi connectivity index (χ3n) is 3.30. The van der Waals surface area contributed by atoms with E-state index in [1.165, 1.54) is 11.1 Å². The predicted octanol–water partition coefficient (Wildman–Crippen LogP) is 2.98. The number of hydrogen-bond donors (Lipinski definition) is 2. The van der Waals surface area contributed by atoms with Gasteiger partial charge in [0.25, 0.3) is 0 Å². The van der Waals surface area contributed by atoms with E-state index >= 15 is 0 Å². The van der Waals surface area contributed by atoms with Crippen LogP contribution in [0.3, 0.4) is 0 Å². The highest BCUT2D eigenvalue weighted by Gasteiger charge is 2.10. The van der Waals surface area contributed by atoms with Gasteiger partial charge in [-0.1, -0.05) is 13.0 Å². The van der Waals surface area contributed by atoms with Gasteiger partial charge in [0.1, 0.15) is 5.75 Å². The molecule has 0 aromatic heterocycles. The van der Waals surface area contributed by atoms with Crippen molar-refractivity contribution < 1.29 is 9.84 Å². The Hall–Kier alpha value is -0.710.